The van der Waals surface area contributed by atoms with Crippen LogP contribution in [-0.4, -0.2) is 73.4 Å². The van der Waals surface area contributed by atoms with Gasteiger partial charge in [-0.1, -0.05) is 18.2 Å². The van der Waals surface area contributed by atoms with Crippen LogP contribution in [0.5, 0.6) is 0 Å². The zero-order chi connectivity index (χ0) is 30.2. The van der Waals surface area contributed by atoms with Gasteiger partial charge in [0, 0.05) is 55.4 Å². The van der Waals surface area contributed by atoms with Gasteiger partial charge in [0.15, 0.2) is 5.65 Å². The molecule has 222 valence electrons. The lowest BCUT2D eigenvalue weighted by molar-refractivity contribution is -0.147. The second kappa shape index (κ2) is 11.3. The van der Waals surface area contributed by atoms with Crippen LogP contribution in [0, 0.1) is 17.2 Å². The highest BCUT2D eigenvalue weighted by Crippen LogP contribution is 2.35. The number of Topliss-reactive ketones (excluding diaryl/α,β-unsaturated/α-hetero) is 1. The van der Waals surface area contributed by atoms with Gasteiger partial charge in [-0.3, -0.25) is 14.3 Å². The van der Waals surface area contributed by atoms with Crippen molar-refractivity contribution in [3.63, 3.8) is 0 Å². The summed E-state index contributed by atoms with van der Waals surface area (Å²) in [6.07, 6.45) is 1.69. The minimum atomic E-state index is -4.36. The Labute approximate surface area is 244 Å². The van der Waals surface area contributed by atoms with Crippen molar-refractivity contribution in [2.24, 2.45) is 5.92 Å². The average molecular weight is 592 g/mol. The fourth-order valence-electron chi connectivity index (χ4n) is 5.69. The summed E-state index contributed by atoms with van der Waals surface area (Å²) < 4.78 is 46.2. The maximum atomic E-state index is 12.8. The van der Waals surface area contributed by atoms with E-state index in [2.05, 4.69) is 21.3 Å². The summed E-state index contributed by atoms with van der Waals surface area (Å²) in [4.78, 5) is 31.1. The van der Waals surface area contributed by atoms with Gasteiger partial charge in [0.1, 0.15) is 11.3 Å². The number of hydrogen-bond donors (Lipinski definition) is 0. The molecule has 0 bridgehead atoms. The van der Waals surface area contributed by atoms with E-state index < -0.39 is 30.3 Å². The van der Waals surface area contributed by atoms with Crippen LogP contribution in [0.4, 0.5) is 13.2 Å². The Balaban J connectivity index is 1.18. The molecule has 2 saturated heterocycles. The number of amides is 1. The number of rotatable bonds is 9. The second-order valence-corrected chi connectivity index (χ2v) is 11.2. The highest BCUT2D eigenvalue weighted by Gasteiger charge is 2.49. The second-order valence-electron chi connectivity index (χ2n) is 11.2. The lowest BCUT2D eigenvalue weighted by atomic mass is 9.85. The van der Waals surface area contributed by atoms with E-state index in [9.17, 15) is 28.0 Å². The molecule has 4 aromatic rings. The van der Waals surface area contributed by atoms with Crippen molar-refractivity contribution in [3.05, 3.63) is 60.7 Å². The Kier molecular flexibility index (Phi) is 7.47. The van der Waals surface area contributed by atoms with Crippen LogP contribution >= 0.6 is 0 Å². The number of likely N-dealkylation sites (tertiary alicyclic amines) is 1. The molecule has 2 aliphatic heterocycles. The first kappa shape index (κ1) is 28.5. The predicted octanol–water partition coefficient (Wildman–Crippen LogP) is 4.20. The molecule has 0 aliphatic carbocycles. The molecule has 1 aromatic carbocycles. The third kappa shape index (κ3) is 5.87. The first-order valence-corrected chi connectivity index (χ1v) is 13.9. The third-order valence-corrected chi connectivity index (χ3v) is 8.04. The zero-order valence-corrected chi connectivity index (χ0v) is 23.1. The van der Waals surface area contributed by atoms with Gasteiger partial charge in [-0.25, -0.2) is 9.50 Å². The highest BCUT2D eigenvalue weighted by molar-refractivity contribution is 5.81. The number of carbonyl (C=O) groups excluding carboxylic acids is 2. The molecule has 1 unspecified atom stereocenters. The summed E-state index contributed by atoms with van der Waals surface area (Å²) in [5.74, 6) is -0.544. The van der Waals surface area contributed by atoms with Crippen LogP contribution in [-0.2, 0) is 26.3 Å². The number of ketones is 1. The van der Waals surface area contributed by atoms with E-state index in [1.807, 2.05) is 18.3 Å². The molecule has 0 N–H and O–H groups in total. The standard InChI is InChI=1S/C30H28F3N7O3/c31-30(32,33)6-4-25(41)11-20-2-1-3-21(10-20)26-15-35-27-12-23(13-37-40(26)27)24-14-36-39(16-24)29(7-8-34)18-38(19-29)28(42)22-5-9-43-17-22/h1-3,10,12-16,22H,4-7,9,11,17-19H2. The molecule has 0 saturated carbocycles. The maximum Gasteiger partial charge on any atom is 0.389 e. The summed E-state index contributed by atoms with van der Waals surface area (Å²) >= 11 is 0. The van der Waals surface area contributed by atoms with E-state index in [4.69, 9.17) is 4.74 Å². The van der Waals surface area contributed by atoms with E-state index in [0.717, 1.165) is 16.7 Å². The summed E-state index contributed by atoms with van der Waals surface area (Å²) in [5, 5.41) is 18.6. The topological polar surface area (TPSA) is 118 Å². The number of benzene rings is 1. The number of carbonyl (C=O) groups is 2. The van der Waals surface area contributed by atoms with E-state index in [0.29, 0.717) is 49.6 Å². The molecule has 1 atom stereocenters. The summed E-state index contributed by atoms with van der Waals surface area (Å²) in [6.45, 7) is 1.85. The first-order chi connectivity index (χ1) is 20.6. The number of ether oxygens (including phenoxy) is 1. The van der Waals surface area contributed by atoms with Crippen molar-refractivity contribution in [2.45, 2.75) is 43.8 Å². The van der Waals surface area contributed by atoms with Gasteiger partial charge in [-0.05, 0) is 24.1 Å². The fraction of sp³-hybridized carbons (Fsp3) is 0.400. The number of imidazole rings is 1. The van der Waals surface area contributed by atoms with E-state index >= 15 is 0 Å². The number of fused-ring (bicyclic) bond motifs is 1. The van der Waals surface area contributed by atoms with Crippen molar-refractivity contribution in [1.82, 2.24) is 29.3 Å². The Morgan fingerprint density at radius 2 is 1.91 bits per heavy atom. The van der Waals surface area contributed by atoms with Crippen LogP contribution < -0.4 is 0 Å². The van der Waals surface area contributed by atoms with E-state index in [1.165, 1.54) is 0 Å². The number of halogens is 3. The molecular formula is C30H28F3N7O3. The van der Waals surface area contributed by atoms with Crippen molar-refractivity contribution >= 4 is 17.3 Å². The van der Waals surface area contributed by atoms with Gasteiger partial charge in [-0.2, -0.15) is 28.6 Å². The SMILES string of the molecule is N#CCC1(n2cc(-c3cnn4c(-c5cccc(CC(=O)CCC(F)(F)F)c5)cnc4c3)cn2)CN(C(=O)C2CCOC2)C1. The van der Waals surface area contributed by atoms with Gasteiger partial charge < -0.3 is 9.64 Å². The van der Waals surface area contributed by atoms with Crippen LogP contribution in [0.25, 0.3) is 28.0 Å². The Morgan fingerprint density at radius 1 is 1.09 bits per heavy atom. The van der Waals surface area contributed by atoms with Crippen molar-refractivity contribution in [3.8, 4) is 28.5 Å². The van der Waals surface area contributed by atoms with E-state index in [-0.39, 0.29) is 24.7 Å². The number of hydrogen-bond acceptors (Lipinski definition) is 7. The van der Waals surface area contributed by atoms with Gasteiger partial charge in [0.2, 0.25) is 5.91 Å². The molecule has 5 heterocycles. The molecule has 6 rings (SSSR count). The third-order valence-electron chi connectivity index (χ3n) is 8.04. The monoisotopic (exact) mass is 591 g/mol. The van der Waals surface area contributed by atoms with E-state index in [1.54, 1.807) is 50.9 Å². The summed E-state index contributed by atoms with van der Waals surface area (Å²) in [7, 11) is 0. The highest BCUT2D eigenvalue weighted by atomic mass is 19.4. The smallest absolute Gasteiger partial charge is 0.381 e. The van der Waals surface area contributed by atoms with Crippen molar-refractivity contribution in [1.29, 1.82) is 5.26 Å². The molecule has 10 nitrogen and oxygen atoms in total. The molecule has 43 heavy (non-hydrogen) atoms. The van der Waals surface area contributed by atoms with Crippen molar-refractivity contribution < 1.29 is 27.5 Å². The average Bonchev–Trinajstić information content (AvgIpc) is 3.74. The number of alkyl halides is 3. The molecule has 13 heteroatoms. The maximum absolute atomic E-state index is 12.8. The number of aromatic nitrogens is 5. The molecule has 2 fully saturated rings. The Hall–Kier alpha value is -4.57. The van der Waals surface area contributed by atoms with Gasteiger partial charge >= 0.3 is 6.18 Å². The number of nitriles is 1. The minimum absolute atomic E-state index is 0.0572. The summed E-state index contributed by atoms with van der Waals surface area (Å²) in [6, 6.07) is 11.1. The molecule has 1 amide bonds. The van der Waals surface area contributed by atoms with Crippen molar-refractivity contribution in [2.75, 3.05) is 26.3 Å². The molecule has 3 aromatic heterocycles. The zero-order valence-electron chi connectivity index (χ0n) is 23.1. The van der Waals surface area contributed by atoms with Gasteiger partial charge in [-0.15, -0.1) is 0 Å². The van der Waals surface area contributed by atoms with Gasteiger partial charge in [0.25, 0.3) is 0 Å². The lowest BCUT2D eigenvalue weighted by Crippen LogP contribution is -2.65. The molecule has 0 radical (unpaired) electrons. The first-order valence-electron chi connectivity index (χ1n) is 13.9. The molecule has 0 spiro atoms. The lowest BCUT2D eigenvalue weighted by Gasteiger charge is -2.49. The fourth-order valence-corrected chi connectivity index (χ4v) is 5.69. The number of nitrogens with zero attached hydrogens (tertiary/aromatic N) is 7. The normalized spacial score (nSPS) is 18.0. The predicted molar refractivity (Wildman–Crippen MR) is 147 cm³/mol. The minimum Gasteiger partial charge on any atom is -0.381 e. The summed E-state index contributed by atoms with van der Waals surface area (Å²) in [5.41, 5.74) is 3.53. The largest absolute Gasteiger partial charge is 0.389 e. The van der Waals surface area contributed by atoms with Crippen LogP contribution in [0.3, 0.4) is 0 Å². The van der Waals surface area contributed by atoms with Crippen LogP contribution in [0.15, 0.2) is 55.1 Å². The Bertz CT molecular complexity index is 1710. The quantitative estimate of drug-likeness (QED) is 0.286. The molecule has 2 aliphatic rings. The molecular weight excluding hydrogens is 563 g/mol. The van der Waals surface area contributed by atoms with Crippen LogP contribution in [0.2, 0.25) is 0 Å². The Morgan fingerprint density at radius 3 is 2.65 bits per heavy atom. The van der Waals surface area contributed by atoms with Gasteiger partial charge in [0.05, 0.1) is 55.7 Å². The van der Waals surface area contributed by atoms with Crippen LogP contribution in [0.1, 0.15) is 31.2 Å².